The maximum atomic E-state index is 12.6. The molecule has 1 aromatic carbocycles. The Bertz CT molecular complexity index is 1210. The van der Waals surface area contributed by atoms with Gasteiger partial charge < -0.3 is 10.3 Å². The van der Waals surface area contributed by atoms with Crippen LogP contribution in [0.15, 0.2) is 29.1 Å². The lowest BCUT2D eigenvalue weighted by Gasteiger charge is -2.17. The second-order valence-electron chi connectivity index (χ2n) is 7.92. The summed E-state index contributed by atoms with van der Waals surface area (Å²) in [5.74, 6) is 0.921. The quantitative estimate of drug-likeness (QED) is 0.659. The Hall–Kier alpha value is -3.02. The molecule has 0 bridgehead atoms. The average molecular weight is 422 g/mol. The van der Waals surface area contributed by atoms with Crippen molar-refractivity contribution in [2.24, 2.45) is 5.92 Å². The lowest BCUT2D eigenvalue weighted by atomic mass is 9.89. The van der Waals surface area contributed by atoms with Crippen LogP contribution in [0.25, 0.3) is 10.9 Å². The van der Waals surface area contributed by atoms with E-state index < -0.39 is 0 Å². The van der Waals surface area contributed by atoms with Crippen LogP contribution >= 0.6 is 11.3 Å². The van der Waals surface area contributed by atoms with Gasteiger partial charge in [0.25, 0.3) is 5.56 Å². The number of H-pyrrole nitrogens is 1. The molecule has 0 fully saturated rings. The van der Waals surface area contributed by atoms with Crippen molar-refractivity contribution in [3.63, 3.8) is 0 Å². The Balaban J connectivity index is 1.44. The maximum Gasteiger partial charge on any atom is 0.258 e. The predicted octanol–water partition coefficient (Wildman–Crippen LogP) is 3.05. The molecule has 0 unspecified atom stereocenters. The molecule has 1 aliphatic carbocycles. The summed E-state index contributed by atoms with van der Waals surface area (Å²) in [4.78, 5) is 35.1. The van der Waals surface area contributed by atoms with Gasteiger partial charge in [-0.1, -0.05) is 19.1 Å². The Morgan fingerprint density at radius 3 is 3.03 bits per heavy atom. The zero-order valence-electron chi connectivity index (χ0n) is 17.0. The standard InChI is InChI=1S/C22H23N5O2S/c1-13-7-8-14-16(10-23)22(30-18(14)9-13)26-20(28)12-27(2)11-19-24-17-6-4-3-5-15(17)21(29)25-19/h3-6,13H,7-9,11-12H2,1-2H3,(H,26,28)(H,24,25,29)/t13-/m0/s1. The summed E-state index contributed by atoms with van der Waals surface area (Å²) in [5.41, 5.74) is 2.15. The number of thiophene rings is 1. The number of benzene rings is 1. The molecule has 7 nitrogen and oxygen atoms in total. The van der Waals surface area contributed by atoms with Gasteiger partial charge in [0.2, 0.25) is 5.91 Å². The second kappa shape index (κ2) is 8.38. The molecule has 2 aromatic heterocycles. The van der Waals surface area contributed by atoms with E-state index in [0.717, 1.165) is 24.8 Å². The van der Waals surface area contributed by atoms with Crippen LogP contribution in [0.1, 0.15) is 35.2 Å². The molecule has 0 saturated heterocycles. The first-order valence-corrected chi connectivity index (χ1v) is 10.8. The van der Waals surface area contributed by atoms with Crippen molar-refractivity contribution in [2.45, 2.75) is 32.7 Å². The van der Waals surface area contributed by atoms with Crippen molar-refractivity contribution in [2.75, 3.05) is 18.9 Å². The Morgan fingerprint density at radius 1 is 1.43 bits per heavy atom. The molecule has 1 aliphatic rings. The Labute approximate surface area is 178 Å². The molecule has 154 valence electrons. The van der Waals surface area contributed by atoms with E-state index in [4.69, 9.17) is 0 Å². The van der Waals surface area contributed by atoms with Crippen molar-refractivity contribution in [3.8, 4) is 6.07 Å². The molecule has 8 heteroatoms. The molecule has 1 amide bonds. The third-order valence-electron chi connectivity index (χ3n) is 5.37. The van der Waals surface area contributed by atoms with Gasteiger partial charge in [-0.25, -0.2) is 4.98 Å². The van der Waals surface area contributed by atoms with Crippen molar-refractivity contribution >= 4 is 33.1 Å². The van der Waals surface area contributed by atoms with E-state index in [0.29, 0.717) is 39.8 Å². The van der Waals surface area contributed by atoms with Crippen LogP contribution in [-0.4, -0.2) is 34.4 Å². The molecular formula is C22H23N5O2S. The fourth-order valence-electron chi connectivity index (χ4n) is 3.89. The van der Waals surface area contributed by atoms with Crippen molar-refractivity contribution in [1.82, 2.24) is 14.9 Å². The summed E-state index contributed by atoms with van der Waals surface area (Å²) in [5, 5.41) is 13.7. The number of nitrogens with zero attached hydrogens (tertiary/aromatic N) is 3. The van der Waals surface area contributed by atoms with Crippen molar-refractivity contribution in [1.29, 1.82) is 5.26 Å². The minimum absolute atomic E-state index is 0.125. The van der Waals surface area contributed by atoms with Gasteiger partial charge in [-0.3, -0.25) is 14.5 Å². The zero-order valence-corrected chi connectivity index (χ0v) is 17.8. The molecule has 0 radical (unpaired) electrons. The molecule has 3 aromatic rings. The minimum Gasteiger partial charge on any atom is -0.315 e. The van der Waals surface area contributed by atoms with E-state index >= 15 is 0 Å². The highest BCUT2D eigenvalue weighted by Gasteiger charge is 2.24. The van der Waals surface area contributed by atoms with Gasteiger partial charge in [-0.15, -0.1) is 11.3 Å². The van der Waals surface area contributed by atoms with E-state index in [-0.39, 0.29) is 18.0 Å². The van der Waals surface area contributed by atoms with Gasteiger partial charge >= 0.3 is 0 Å². The number of anilines is 1. The van der Waals surface area contributed by atoms with Gasteiger partial charge in [0.05, 0.1) is 29.6 Å². The van der Waals surface area contributed by atoms with Crippen LogP contribution in [0.5, 0.6) is 0 Å². The molecule has 2 N–H and O–H groups in total. The van der Waals surface area contributed by atoms with E-state index in [1.54, 1.807) is 30.1 Å². The van der Waals surface area contributed by atoms with E-state index in [1.165, 1.54) is 16.2 Å². The molecule has 0 spiro atoms. The SMILES string of the molecule is C[C@H]1CCc2c(sc(NC(=O)CN(C)Cc3nc4ccccc4c(=O)[nH]3)c2C#N)C1. The molecule has 30 heavy (non-hydrogen) atoms. The smallest absolute Gasteiger partial charge is 0.258 e. The summed E-state index contributed by atoms with van der Waals surface area (Å²) in [6.45, 7) is 2.67. The van der Waals surface area contributed by atoms with Gasteiger partial charge in [0.1, 0.15) is 16.9 Å². The summed E-state index contributed by atoms with van der Waals surface area (Å²) < 4.78 is 0. The predicted molar refractivity (Wildman–Crippen MR) is 118 cm³/mol. The van der Waals surface area contributed by atoms with E-state index in [9.17, 15) is 14.9 Å². The van der Waals surface area contributed by atoms with Crippen LogP contribution < -0.4 is 10.9 Å². The van der Waals surface area contributed by atoms with Crippen LogP contribution in [0, 0.1) is 17.2 Å². The number of fused-ring (bicyclic) bond motifs is 2. The summed E-state index contributed by atoms with van der Waals surface area (Å²) in [7, 11) is 1.79. The number of nitrogens with one attached hydrogen (secondary N) is 2. The number of carbonyl (C=O) groups is 1. The minimum atomic E-state index is -0.191. The number of carbonyl (C=O) groups excluding carboxylic acids is 1. The lowest BCUT2D eigenvalue weighted by Crippen LogP contribution is -2.31. The number of para-hydroxylation sites is 1. The van der Waals surface area contributed by atoms with Crippen molar-refractivity contribution < 1.29 is 4.79 Å². The molecule has 1 atom stereocenters. The van der Waals surface area contributed by atoms with E-state index in [2.05, 4.69) is 28.3 Å². The Morgan fingerprint density at radius 2 is 2.23 bits per heavy atom. The molecule has 2 heterocycles. The second-order valence-corrected chi connectivity index (χ2v) is 9.02. The summed E-state index contributed by atoms with van der Waals surface area (Å²) in [6, 6.07) is 9.44. The fraction of sp³-hybridized carbons (Fsp3) is 0.364. The van der Waals surface area contributed by atoms with Gasteiger partial charge in [-0.05, 0) is 49.9 Å². The number of aromatic nitrogens is 2. The molecule has 0 saturated carbocycles. The first kappa shape index (κ1) is 20.3. The first-order chi connectivity index (χ1) is 14.4. The van der Waals surface area contributed by atoms with Crippen LogP contribution in [0.2, 0.25) is 0 Å². The highest BCUT2D eigenvalue weighted by Crippen LogP contribution is 2.39. The topological polar surface area (TPSA) is 102 Å². The molecule has 4 rings (SSSR count). The van der Waals surface area contributed by atoms with Crippen LogP contribution in [0.3, 0.4) is 0 Å². The average Bonchev–Trinajstić information content (AvgIpc) is 3.03. The third-order valence-corrected chi connectivity index (χ3v) is 6.54. The Kier molecular flexibility index (Phi) is 5.66. The number of aromatic amines is 1. The van der Waals surface area contributed by atoms with Crippen LogP contribution in [-0.2, 0) is 24.2 Å². The number of hydrogen-bond acceptors (Lipinski definition) is 6. The monoisotopic (exact) mass is 421 g/mol. The van der Waals surface area contributed by atoms with Gasteiger partial charge in [-0.2, -0.15) is 5.26 Å². The fourth-order valence-corrected chi connectivity index (χ4v) is 5.27. The van der Waals surface area contributed by atoms with Crippen LogP contribution in [0.4, 0.5) is 5.00 Å². The summed E-state index contributed by atoms with van der Waals surface area (Å²) in [6.07, 6.45) is 2.93. The van der Waals surface area contributed by atoms with Gasteiger partial charge in [0, 0.05) is 4.88 Å². The summed E-state index contributed by atoms with van der Waals surface area (Å²) >= 11 is 1.52. The molecular weight excluding hydrogens is 398 g/mol. The number of likely N-dealkylation sites (N-methyl/N-ethyl adjacent to an activating group) is 1. The lowest BCUT2D eigenvalue weighted by molar-refractivity contribution is -0.117. The third kappa shape index (κ3) is 4.13. The number of rotatable bonds is 5. The number of nitriles is 1. The maximum absolute atomic E-state index is 12.6. The largest absolute Gasteiger partial charge is 0.315 e. The highest BCUT2D eigenvalue weighted by molar-refractivity contribution is 7.16. The highest BCUT2D eigenvalue weighted by atomic mass is 32.1. The number of amides is 1. The zero-order chi connectivity index (χ0) is 21.3. The normalized spacial score (nSPS) is 15.7. The molecule has 0 aliphatic heterocycles. The van der Waals surface area contributed by atoms with Crippen molar-refractivity contribution in [3.05, 3.63) is 56.4 Å². The van der Waals surface area contributed by atoms with Gasteiger partial charge in [0.15, 0.2) is 0 Å². The first-order valence-electron chi connectivity index (χ1n) is 9.95. The number of hydrogen-bond donors (Lipinski definition) is 2. The van der Waals surface area contributed by atoms with E-state index in [1.807, 2.05) is 6.07 Å².